The number of aryl methyl sites for hydroxylation is 1. The van der Waals surface area contributed by atoms with Crippen molar-refractivity contribution in [2.45, 2.75) is 32.7 Å². The van der Waals surface area contributed by atoms with E-state index in [0.29, 0.717) is 13.1 Å². The number of nitrogens with zero attached hydrogens (tertiary/aromatic N) is 4. The molecule has 2 N–H and O–H groups in total. The van der Waals surface area contributed by atoms with Gasteiger partial charge in [0, 0.05) is 26.2 Å². The first-order valence-electron chi connectivity index (χ1n) is 8.97. The number of H-pyrrole nitrogens is 1. The number of nitrogens with one attached hydrogen (secondary N) is 2. The zero-order valence-corrected chi connectivity index (χ0v) is 14.8. The zero-order valence-electron chi connectivity index (χ0n) is 14.8. The molecule has 0 aliphatic carbocycles. The third-order valence-corrected chi connectivity index (χ3v) is 5.16. The first-order valence-corrected chi connectivity index (χ1v) is 8.97. The monoisotopic (exact) mass is 354 g/mol. The van der Waals surface area contributed by atoms with Crippen molar-refractivity contribution in [3.05, 3.63) is 40.6 Å². The number of hydrogen-bond donors (Lipinski definition) is 2. The number of benzene rings is 1. The average molecular weight is 354 g/mol. The van der Waals surface area contributed by atoms with Crippen LogP contribution in [0.3, 0.4) is 0 Å². The minimum atomic E-state index is -0.262. The van der Waals surface area contributed by atoms with Gasteiger partial charge in [-0.3, -0.25) is 10.1 Å². The number of aromatic amines is 1. The van der Waals surface area contributed by atoms with Gasteiger partial charge < -0.3 is 9.80 Å². The van der Waals surface area contributed by atoms with Crippen molar-refractivity contribution in [3.63, 3.8) is 0 Å². The van der Waals surface area contributed by atoms with Crippen LogP contribution in [0.2, 0.25) is 0 Å². The summed E-state index contributed by atoms with van der Waals surface area (Å²) in [5.41, 5.74) is 3.92. The fourth-order valence-electron chi connectivity index (χ4n) is 3.69. The fraction of sp³-hybridized carbons (Fsp3) is 0.444. The van der Waals surface area contributed by atoms with Crippen LogP contribution in [0, 0.1) is 6.92 Å². The van der Waals surface area contributed by atoms with Gasteiger partial charge in [0.25, 0.3) is 5.91 Å². The summed E-state index contributed by atoms with van der Waals surface area (Å²) >= 11 is 0. The second kappa shape index (κ2) is 6.78. The largest absolute Gasteiger partial charge is 0.337 e. The number of carbonyl (C=O) groups is 2. The molecule has 0 spiro atoms. The highest BCUT2D eigenvalue weighted by molar-refractivity contribution is 6.00. The van der Waals surface area contributed by atoms with Gasteiger partial charge >= 0.3 is 6.03 Å². The van der Waals surface area contributed by atoms with Crippen molar-refractivity contribution in [2.75, 3.05) is 25.0 Å². The maximum atomic E-state index is 12.7. The Morgan fingerprint density at radius 2 is 1.92 bits per heavy atom. The topological polar surface area (TPSA) is 94.2 Å². The van der Waals surface area contributed by atoms with E-state index < -0.39 is 0 Å². The molecule has 1 aromatic heterocycles. The minimum absolute atomic E-state index is 0.175. The first-order chi connectivity index (χ1) is 12.6. The van der Waals surface area contributed by atoms with Gasteiger partial charge in [0.2, 0.25) is 0 Å². The van der Waals surface area contributed by atoms with Gasteiger partial charge in [0.1, 0.15) is 0 Å². The SMILES string of the molecule is Cc1cccc2c1CCN(C(=O)Nc1n[nH]nc1C(=O)N1CCCC1)C2. The Morgan fingerprint density at radius 1 is 1.12 bits per heavy atom. The van der Waals surface area contributed by atoms with Crippen LogP contribution in [0.1, 0.15) is 40.0 Å². The number of likely N-dealkylation sites (tertiary alicyclic amines) is 1. The quantitative estimate of drug-likeness (QED) is 0.862. The lowest BCUT2D eigenvalue weighted by atomic mass is 9.95. The molecule has 0 saturated carbocycles. The molecule has 0 atom stereocenters. The molecule has 3 heterocycles. The van der Waals surface area contributed by atoms with E-state index in [1.165, 1.54) is 16.7 Å². The van der Waals surface area contributed by atoms with Crippen LogP contribution in [-0.2, 0) is 13.0 Å². The molecule has 2 aromatic rings. The van der Waals surface area contributed by atoms with E-state index in [-0.39, 0.29) is 23.5 Å². The van der Waals surface area contributed by atoms with Crippen molar-refractivity contribution >= 4 is 17.8 Å². The number of urea groups is 1. The van der Waals surface area contributed by atoms with E-state index in [1.807, 2.05) is 6.07 Å². The third-order valence-electron chi connectivity index (χ3n) is 5.16. The predicted octanol–water partition coefficient (Wildman–Crippen LogP) is 1.94. The predicted molar refractivity (Wildman–Crippen MR) is 95.8 cm³/mol. The van der Waals surface area contributed by atoms with E-state index >= 15 is 0 Å². The lowest BCUT2D eigenvalue weighted by molar-refractivity contribution is 0.0788. The average Bonchev–Trinajstić information content (AvgIpc) is 3.33. The molecule has 8 heteroatoms. The summed E-state index contributed by atoms with van der Waals surface area (Å²) in [5, 5.41) is 13.1. The van der Waals surface area contributed by atoms with E-state index in [9.17, 15) is 9.59 Å². The third kappa shape index (κ3) is 3.02. The Labute approximate surface area is 151 Å². The Kier molecular flexibility index (Phi) is 4.32. The highest BCUT2D eigenvalue weighted by Crippen LogP contribution is 2.23. The fourth-order valence-corrected chi connectivity index (χ4v) is 3.69. The smallest absolute Gasteiger partial charge is 0.323 e. The molecular formula is C18H22N6O2. The Morgan fingerprint density at radius 3 is 2.73 bits per heavy atom. The molecule has 2 aliphatic heterocycles. The number of anilines is 1. The molecule has 0 unspecified atom stereocenters. The molecule has 0 radical (unpaired) electrons. The van der Waals surface area contributed by atoms with Crippen LogP contribution in [0.5, 0.6) is 0 Å². The normalized spacial score (nSPS) is 16.5. The second-order valence-corrected chi connectivity index (χ2v) is 6.83. The standard InChI is InChI=1S/C18H22N6O2/c1-12-5-4-6-13-11-24(10-7-14(12)13)18(26)19-16-15(20-22-21-16)17(25)23-8-2-3-9-23/h4-6H,2-3,7-11H2,1H3,(H2,19,20,21,22,26). The molecule has 4 rings (SSSR count). The Balaban J connectivity index is 1.46. The van der Waals surface area contributed by atoms with Gasteiger partial charge in [-0.1, -0.05) is 18.2 Å². The number of rotatable bonds is 2. The molecule has 136 valence electrons. The maximum Gasteiger partial charge on any atom is 0.323 e. The summed E-state index contributed by atoms with van der Waals surface area (Å²) in [5.74, 6) is 0.00750. The molecule has 8 nitrogen and oxygen atoms in total. The molecule has 1 aromatic carbocycles. The lowest BCUT2D eigenvalue weighted by Gasteiger charge is -2.29. The van der Waals surface area contributed by atoms with E-state index in [4.69, 9.17) is 0 Å². The summed E-state index contributed by atoms with van der Waals surface area (Å²) in [7, 11) is 0. The molecular weight excluding hydrogens is 332 g/mol. The van der Waals surface area contributed by atoms with E-state index in [0.717, 1.165) is 32.4 Å². The highest BCUT2D eigenvalue weighted by Gasteiger charge is 2.28. The van der Waals surface area contributed by atoms with E-state index in [1.54, 1.807) is 9.80 Å². The Bertz CT molecular complexity index is 840. The molecule has 2 aliphatic rings. The van der Waals surface area contributed by atoms with Gasteiger partial charge in [-0.2, -0.15) is 5.21 Å². The summed E-state index contributed by atoms with van der Waals surface area (Å²) in [6, 6.07) is 5.90. The number of hydrogen-bond acceptors (Lipinski definition) is 4. The van der Waals surface area contributed by atoms with Crippen LogP contribution in [0.25, 0.3) is 0 Å². The molecule has 1 fully saturated rings. The molecule has 1 saturated heterocycles. The second-order valence-electron chi connectivity index (χ2n) is 6.83. The van der Waals surface area contributed by atoms with Crippen LogP contribution in [-0.4, -0.2) is 56.8 Å². The van der Waals surface area contributed by atoms with Gasteiger partial charge in [0.15, 0.2) is 11.5 Å². The zero-order chi connectivity index (χ0) is 18.1. The highest BCUT2D eigenvalue weighted by atomic mass is 16.2. The van der Waals surface area contributed by atoms with Crippen LogP contribution in [0.15, 0.2) is 18.2 Å². The van der Waals surface area contributed by atoms with Gasteiger partial charge in [0.05, 0.1) is 0 Å². The molecule has 0 bridgehead atoms. The van der Waals surface area contributed by atoms with Gasteiger partial charge in [-0.05, 0) is 42.9 Å². The summed E-state index contributed by atoms with van der Waals surface area (Å²) in [6.07, 6.45) is 2.82. The summed E-state index contributed by atoms with van der Waals surface area (Å²) < 4.78 is 0. The number of amides is 3. The van der Waals surface area contributed by atoms with Crippen molar-refractivity contribution in [1.29, 1.82) is 0 Å². The van der Waals surface area contributed by atoms with Crippen LogP contribution >= 0.6 is 0 Å². The number of aromatic nitrogens is 3. The first kappa shape index (κ1) is 16.6. The van der Waals surface area contributed by atoms with Crippen molar-refractivity contribution < 1.29 is 9.59 Å². The van der Waals surface area contributed by atoms with Crippen molar-refractivity contribution in [3.8, 4) is 0 Å². The van der Waals surface area contributed by atoms with E-state index in [2.05, 4.69) is 39.8 Å². The lowest BCUT2D eigenvalue weighted by Crippen LogP contribution is -2.39. The van der Waals surface area contributed by atoms with Gasteiger partial charge in [-0.25, -0.2) is 4.79 Å². The summed E-state index contributed by atoms with van der Waals surface area (Å²) in [4.78, 5) is 28.7. The summed E-state index contributed by atoms with van der Waals surface area (Å²) in [6.45, 7) is 4.73. The van der Waals surface area contributed by atoms with Crippen molar-refractivity contribution in [1.82, 2.24) is 25.2 Å². The van der Waals surface area contributed by atoms with Crippen LogP contribution < -0.4 is 5.32 Å². The van der Waals surface area contributed by atoms with Crippen LogP contribution in [0.4, 0.5) is 10.6 Å². The number of carbonyl (C=O) groups excluding carboxylic acids is 2. The van der Waals surface area contributed by atoms with Gasteiger partial charge in [-0.15, -0.1) is 10.2 Å². The Hall–Kier alpha value is -2.90. The minimum Gasteiger partial charge on any atom is -0.337 e. The molecule has 3 amide bonds. The molecule has 26 heavy (non-hydrogen) atoms. The maximum absolute atomic E-state index is 12.7. The number of fused-ring (bicyclic) bond motifs is 1. The van der Waals surface area contributed by atoms with Crippen molar-refractivity contribution in [2.24, 2.45) is 0 Å².